The predicted molar refractivity (Wildman–Crippen MR) is 96.2 cm³/mol. The minimum Gasteiger partial charge on any atom is -0.383 e. The molecule has 1 saturated heterocycles. The molecule has 2 aliphatic rings. The maximum Gasteiger partial charge on any atom is 0.222 e. The summed E-state index contributed by atoms with van der Waals surface area (Å²) in [7, 11) is 3.55. The zero-order valence-corrected chi connectivity index (χ0v) is 15.4. The van der Waals surface area contributed by atoms with E-state index in [2.05, 4.69) is 20.5 Å². The van der Waals surface area contributed by atoms with E-state index < -0.39 is 0 Å². The third-order valence-electron chi connectivity index (χ3n) is 4.75. The van der Waals surface area contributed by atoms with Crippen LogP contribution in [0.3, 0.4) is 0 Å². The molecular formula is C17H33N5O2. The van der Waals surface area contributed by atoms with Gasteiger partial charge < -0.3 is 20.3 Å². The summed E-state index contributed by atoms with van der Waals surface area (Å²) in [6.45, 7) is 7.17. The molecule has 138 valence electrons. The number of methoxy groups -OCH3 is 1. The first-order valence-corrected chi connectivity index (χ1v) is 9.15. The molecule has 1 amide bonds. The van der Waals surface area contributed by atoms with Crippen LogP contribution in [-0.2, 0) is 9.53 Å². The summed E-state index contributed by atoms with van der Waals surface area (Å²) in [5.74, 6) is 1.06. The number of hydrogen-bond acceptors (Lipinski definition) is 4. The SMILES string of the molecule is CCC(=O)N1CCC(NC(=NC)NCCN(CCOC)C2CC2)C1. The second-order valence-electron chi connectivity index (χ2n) is 6.58. The van der Waals surface area contributed by atoms with E-state index >= 15 is 0 Å². The topological polar surface area (TPSA) is 69.2 Å². The Labute approximate surface area is 145 Å². The maximum atomic E-state index is 11.8. The molecule has 7 nitrogen and oxygen atoms in total. The van der Waals surface area contributed by atoms with Crippen molar-refractivity contribution in [2.24, 2.45) is 4.99 Å². The van der Waals surface area contributed by atoms with Crippen LogP contribution < -0.4 is 10.6 Å². The Morgan fingerprint density at radius 3 is 2.75 bits per heavy atom. The van der Waals surface area contributed by atoms with Crippen LogP contribution in [0.15, 0.2) is 4.99 Å². The number of likely N-dealkylation sites (tertiary alicyclic amines) is 1. The van der Waals surface area contributed by atoms with E-state index in [0.717, 1.165) is 57.8 Å². The van der Waals surface area contributed by atoms with Gasteiger partial charge in [0.25, 0.3) is 0 Å². The second kappa shape index (κ2) is 9.84. The van der Waals surface area contributed by atoms with Gasteiger partial charge in [-0.3, -0.25) is 14.7 Å². The van der Waals surface area contributed by atoms with E-state index in [1.165, 1.54) is 12.8 Å². The lowest BCUT2D eigenvalue weighted by atomic mass is 10.3. The monoisotopic (exact) mass is 339 g/mol. The normalized spacial score (nSPS) is 21.4. The van der Waals surface area contributed by atoms with Gasteiger partial charge in [0.2, 0.25) is 5.91 Å². The van der Waals surface area contributed by atoms with Crippen LogP contribution in [0, 0.1) is 0 Å². The maximum absolute atomic E-state index is 11.8. The van der Waals surface area contributed by atoms with Crippen LogP contribution in [0.1, 0.15) is 32.6 Å². The molecule has 0 aromatic heterocycles. The highest BCUT2D eigenvalue weighted by molar-refractivity contribution is 5.80. The molecule has 0 radical (unpaired) electrons. The van der Waals surface area contributed by atoms with Crippen LogP contribution >= 0.6 is 0 Å². The van der Waals surface area contributed by atoms with Crippen molar-refractivity contribution < 1.29 is 9.53 Å². The lowest BCUT2D eigenvalue weighted by Crippen LogP contribution is -2.47. The van der Waals surface area contributed by atoms with Crippen molar-refractivity contribution >= 4 is 11.9 Å². The lowest BCUT2D eigenvalue weighted by molar-refractivity contribution is -0.129. The highest BCUT2D eigenvalue weighted by atomic mass is 16.5. The number of nitrogens with zero attached hydrogens (tertiary/aromatic N) is 3. The average molecular weight is 339 g/mol. The van der Waals surface area contributed by atoms with Gasteiger partial charge in [-0.25, -0.2) is 0 Å². The van der Waals surface area contributed by atoms with Gasteiger partial charge in [0.1, 0.15) is 0 Å². The summed E-state index contributed by atoms with van der Waals surface area (Å²) >= 11 is 0. The van der Waals surface area contributed by atoms with Crippen LogP contribution in [0.5, 0.6) is 0 Å². The number of carbonyl (C=O) groups excluding carboxylic acids is 1. The molecule has 1 saturated carbocycles. The molecule has 1 aliphatic carbocycles. The molecule has 2 rings (SSSR count). The molecule has 0 aromatic carbocycles. The first-order chi connectivity index (χ1) is 11.7. The van der Waals surface area contributed by atoms with Crippen LogP contribution in [0.4, 0.5) is 0 Å². The van der Waals surface area contributed by atoms with Crippen molar-refractivity contribution in [3.8, 4) is 0 Å². The Balaban J connectivity index is 1.68. The first-order valence-electron chi connectivity index (χ1n) is 9.15. The second-order valence-corrected chi connectivity index (χ2v) is 6.58. The summed E-state index contributed by atoms with van der Waals surface area (Å²) in [5.41, 5.74) is 0. The number of amides is 1. The molecule has 1 heterocycles. The summed E-state index contributed by atoms with van der Waals surface area (Å²) in [6.07, 6.45) is 4.17. The number of ether oxygens (including phenoxy) is 1. The van der Waals surface area contributed by atoms with Crippen LogP contribution in [-0.4, -0.2) is 87.2 Å². The van der Waals surface area contributed by atoms with Gasteiger partial charge >= 0.3 is 0 Å². The summed E-state index contributed by atoms with van der Waals surface area (Å²) < 4.78 is 5.20. The molecule has 0 aromatic rings. The van der Waals surface area contributed by atoms with Gasteiger partial charge in [-0.2, -0.15) is 0 Å². The number of nitrogens with one attached hydrogen (secondary N) is 2. The van der Waals surface area contributed by atoms with Crippen molar-refractivity contribution in [2.45, 2.75) is 44.7 Å². The Bertz CT molecular complexity index is 425. The third kappa shape index (κ3) is 5.94. The van der Waals surface area contributed by atoms with Crippen molar-refractivity contribution in [3.63, 3.8) is 0 Å². The molecule has 0 bridgehead atoms. The van der Waals surface area contributed by atoms with E-state index in [1.807, 2.05) is 11.8 Å². The van der Waals surface area contributed by atoms with Crippen molar-refractivity contribution in [1.82, 2.24) is 20.4 Å². The lowest BCUT2D eigenvalue weighted by Gasteiger charge is -2.23. The predicted octanol–water partition coefficient (Wildman–Crippen LogP) is 0.273. The van der Waals surface area contributed by atoms with Gasteiger partial charge in [0.15, 0.2) is 5.96 Å². The molecule has 7 heteroatoms. The minimum atomic E-state index is 0.237. The van der Waals surface area contributed by atoms with E-state index in [4.69, 9.17) is 4.74 Å². The van der Waals surface area contributed by atoms with E-state index in [1.54, 1.807) is 14.2 Å². The smallest absolute Gasteiger partial charge is 0.222 e. The Hall–Kier alpha value is -1.34. The highest BCUT2D eigenvalue weighted by Crippen LogP contribution is 2.25. The third-order valence-corrected chi connectivity index (χ3v) is 4.75. The van der Waals surface area contributed by atoms with Gasteiger partial charge in [0, 0.05) is 65.4 Å². The van der Waals surface area contributed by atoms with Gasteiger partial charge in [-0.1, -0.05) is 6.92 Å². The van der Waals surface area contributed by atoms with Crippen LogP contribution in [0.25, 0.3) is 0 Å². The standard InChI is InChI=1S/C17H33N5O2/c1-4-16(23)22-9-7-14(13-22)20-17(18-2)19-8-10-21(11-12-24-3)15-5-6-15/h14-15H,4-13H2,1-3H3,(H2,18,19,20). The molecule has 1 atom stereocenters. The fourth-order valence-electron chi connectivity index (χ4n) is 3.16. The van der Waals surface area contributed by atoms with Gasteiger partial charge in [0.05, 0.1) is 6.61 Å². The average Bonchev–Trinajstić information content (AvgIpc) is 3.34. The van der Waals surface area contributed by atoms with Crippen molar-refractivity contribution in [2.75, 3.05) is 53.5 Å². The number of guanidine groups is 1. The molecule has 1 unspecified atom stereocenters. The van der Waals surface area contributed by atoms with Crippen molar-refractivity contribution in [3.05, 3.63) is 0 Å². The number of hydrogen-bond donors (Lipinski definition) is 2. The summed E-state index contributed by atoms with van der Waals surface area (Å²) in [5, 5.41) is 6.83. The van der Waals surface area contributed by atoms with E-state index in [9.17, 15) is 4.79 Å². The Kier molecular flexibility index (Phi) is 7.78. The highest BCUT2D eigenvalue weighted by Gasteiger charge is 2.28. The molecule has 2 N–H and O–H groups in total. The zero-order chi connectivity index (χ0) is 17.4. The summed E-state index contributed by atoms with van der Waals surface area (Å²) in [4.78, 5) is 20.5. The van der Waals surface area contributed by atoms with Gasteiger partial charge in [-0.05, 0) is 19.3 Å². The Morgan fingerprint density at radius 1 is 1.33 bits per heavy atom. The number of carbonyl (C=O) groups is 1. The number of aliphatic imine (C=N–C) groups is 1. The molecule has 0 spiro atoms. The quantitative estimate of drug-likeness (QED) is 0.466. The van der Waals surface area contributed by atoms with Crippen LogP contribution in [0.2, 0.25) is 0 Å². The van der Waals surface area contributed by atoms with Crippen molar-refractivity contribution in [1.29, 1.82) is 0 Å². The minimum absolute atomic E-state index is 0.237. The molecular weight excluding hydrogens is 306 g/mol. The Morgan fingerprint density at radius 2 is 2.12 bits per heavy atom. The summed E-state index contributed by atoms with van der Waals surface area (Å²) in [6, 6.07) is 1.03. The van der Waals surface area contributed by atoms with E-state index in [0.29, 0.717) is 12.5 Å². The fourth-order valence-corrected chi connectivity index (χ4v) is 3.16. The first kappa shape index (κ1) is 19.0. The fraction of sp³-hybridized carbons (Fsp3) is 0.882. The van der Waals surface area contributed by atoms with E-state index in [-0.39, 0.29) is 5.91 Å². The molecule has 2 fully saturated rings. The zero-order valence-electron chi connectivity index (χ0n) is 15.4. The van der Waals surface area contributed by atoms with Gasteiger partial charge in [-0.15, -0.1) is 0 Å². The molecule has 1 aliphatic heterocycles. The largest absolute Gasteiger partial charge is 0.383 e. The molecule has 24 heavy (non-hydrogen) atoms. The number of rotatable bonds is 9.